The molecule has 2 heterocycles. The van der Waals surface area contributed by atoms with Crippen LogP contribution in [0.5, 0.6) is 0 Å². The minimum atomic E-state index is -3.37. The Morgan fingerprint density at radius 1 is 1.21 bits per heavy atom. The lowest BCUT2D eigenvalue weighted by atomic mass is 9.97. The monoisotopic (exact) mass is 417 g/mol. The minimum Gasteiger partial charge on any atom is -0.361 e. The lowest BCUT2D eigenvalue weighted by Crippen LogP contribution is -2.36. The van der Waals surface area contributed by atoms with Gasteiger partial charge in [-0.25, -0.2) is 8.42 Å². The third-order valence-electron chi connectivity index (χ3n) is 6.21. The molecule has 1 aliphatic heterocycles. The van der Waals surface area contributed by atoms with Crippen LogP contribution in [-0.2, 0) is 10.0 Å². The van der Waals surface area contributed by atoms with E-state index in [2.05, 4.69) is 40.7 Å². The normalized spacial score (nSPS) is 16.9. The van der Waals surface area contributed by atoms with E-state index in [0.29, 0.717) is 24.6 Å². The summed E-state index contributed by atoms with van der Waals surface area (Å²) in [5.74, 6) is 0. The minimum absolute atomic E-state index is 0.360. The van der Waals surface area contributed by atoms with Crippen LogP contribution in [0.4, 0.5) is 5.69 Å². The van der Waals surface area contributed by atoms with E-state index in [4.69, 9.17) is 0 Å². The molecule has 0 fully saturated rings. The van der Waals surface area contributed by atoms with Crippen LogP contribution in [0.3, 0.4) is 0 Å². The van der Waals surface area contributed by atoms with E-state index in [-0.39, 0.29) is 5.25 Å². The number of benzene rings is 1. The van der Waals surface area contributed by atoms with E-state index in [9.17, 15) is 8.42 Å². The fourth-order valence-electron chi connectivity index (χ4n) is 4.36. The molecular formula is C23H35N3O2S. The average molecular weight is 418 g/mol. The van der Waals surface area contributed by atoms with Gasteiger partial charge in [-0.2, -0.15) is 0 Å². The number of anilines is 1. The zero-order valence-electron chi connectivity index (χ0n) is 18.2. The van der Waals surface area contributed by atoms with Crippen LogP contribution < -0.4 is 4.72 Å². The molecule has 1 unspecified atom stereocenters. The number of sulfonamides is 1. The highest BCUT2D eigenvalue weighted by Crippen LogP contribution is 2.32. The maximum absolute atomic E-state index is 12.6. The predicted octanol–water partition coefficient (Wildman–Crippen LogP) is 5.38. The quantitative estimate of drug-likeness (QED) is 0.576. The third-order valence-corrected chi connectivity index (χ3v) is 8.27. The molecule has 0 aliphatic carbocycles. The van der Waals surface area contributed by atoms with Crippen molar-refractivity contribution in [3.05, 3.63) is 36.0 Å². The van der Waals surface area contributed by atoms with Crippen molar-refractivity contribution in [2.24, 2.45) is 0 Å². The number of rotatable bonds is 9. The Kier molecular flexibility index (Phi) is 7.06. The second kappa shape index (κ2) is 9.35. The maximum atomic E-state index is 12.6. The molecule has 29 heavy (non-hydrogen) atoms. The number of hydrogen-bond donors (Lipinski definition) is 2. The summed E-state index contributed by atoms with van der Waals surface area (Å²) in [7, 11) is -3.37. The Morgan fingerprint density at radius 2 is 1.97 bits per heavy atom. The summed E-state index contributed by atoms with van der Waals surface area (Å²) < 4.78 is 28.1. The molecule has 3 rings (SSSR count). The van der Waals surface area contributed by atoms with Crippen LogP contribution in [0.1, 0.15) is 65.4 Å². The summed E-state index contributed by atoms with van der Waals surface area (Å²) in [5.41, 5.74) is 4.20. The first-order valence-corrected chi connectivity index (χ1v) is 12.5. The summed E-state index contributed by atoms with van der Waals surface area (Å²) in [6, 6.07) is 6.38. The molecule has 2 N–H and O–H groups in total. The molecule has 6 heteroatoms. The summed E-state index contributed by atoms with van der Waals surface area (Å²) >= 11 is 0. The maximum Gasteiger partial charge on any atom is 0.235 e. The van der Waals surface area contributed by atoms with Crippen LogP contribution >= 0.6 is 0 Å². The fourth-order valence-corrected chi connectivity index (χ4v) is 5.85. The Morgan fingerprint density at radius 3 is 2.59 bits per heavy atom. The molecule has 0 amide bonds. The van der Waals surface area contributed by atoms with Gasteiger partial charge in [0.05, 0.1) is 5.25 Å². The Hall–Kier alpha value is -1.79. The molecule has 1 aromatic heterocycles. The highest BCUT2D eigenvalue weighted by molar-refractivity contribution is 7.93. The molecule has 160 valence electrons. The van der Waals surface area contributed by atoms with Gasteiger partial charge in [-0.1, -0.05) is 33.3 Å². The van der Waals surface area contributed by atoms with Crippen LogP contribution in [-0.4, -0.2) is 42.7 Å². The van der Waals surface area contributed by atoms with Gasteiger partial charge in [0.1, 0.15) is 0 Å². The van der Waals surface area contributed by atoms with Crippen molar-refractivity contribution in [3.63, 3.8) is 0 Å². The van der Waals surface area contributed by atoms with E-state index < -0.39 is 10.0 Å². The molecule has 0 bridgehead atoms. The van der Waals surface area contributed by atoms with Crippen molar-refractivity contribution in [1.29, 1.82) is 0 Å². The van der Waals surface area contributed by atoms with E-state index >= 15 is 0 Å². The summed E-state index contributed by atoms with van der Waals surface area (Å²) in [5, 5.41) is 0.720. The number of H-pyrrole nitrogens is 1. The smallest absolute Gasteiger partial charge is 0.235 e. The predicted molar refractivity (Wildman–Crippen MR) is 124 cm³/mol. The van der Waals surface area contributed by atoms with Crippen LogP contribution in [0.15, 0.2) is 30.5 Å². The number of aromatic nitrogens is 1. The Labute approximate surface area is 175 Å². The van der Waals surface area contributed by atoms with Crippen LogP contribution in [0.25, 0.3) is 16.5 Å². The number of nitrogens with one attached hydrogen (secondary N) is 2. The van der Waals surface area contributed by atoms with Crippen molar-refractivity contribution >= 4 is 32.2 Å². The first kappa shape index (κ1) is 21.9. The van der Waals surface area contributed by atoms with Gasteiger partial charge in [-0.3, -0.25) is 9.62 Å². The van der Waals surface area contributed by atoms with Gasteiger partial charge >= 0.3 is 0 Å². The highest BCUT2D eigenvalue weighted by atomic mass is 32.2. The molecule has 1 aromatic carbocycles. The van der Waals surface area contributed by atoms with E-state index in [0.717, 1.165) is 30.4 Å². The van der Waals surface area contributed by atoms with Crippen molar-refractivity contribution in [2.45, 2.75) is 71.1 Å². The summed E-state index contributed by atoms with van der Waals surface area (Å²) in [4.78, 5) is 5.88. The van der Waals surface area contributed by atoms with Crippen molar-refractivity contribution in [3.8, 4) is 0 Å². The fraction of sp³-hybridized carbons (Fsp3) is 0.565. The zero-order chi connectivity index (χ0) is 21.0. The lowest BCUT2D eigenvalue weighted by molar-refractivity contribution is 0.219. The van der Waals surface area contributed by atoms with Crippen molar-refractivity contribution in [1.82, 2.24) is 9.88 Å². The largest absolute Gasteiger partial charge is 0.361 e. The molecule has 2 aromatic rings. The van der Waals surface area contributed by atoms with E-state index in [1.807, 2.05) is 32.0 Å². The van der Waals surface area contributed by atoms with Crippen molar-refractivity contribution in [2.75, 3.05) is 17.8 Å². The lowest BCUT2D eigenvalue weighted by Gasteiger charge is -2.31. The van der Waals surface area contributed by atoms with Gasteiger partial charge in [0.15, 0.2) is 0 Å². The van der Waals surface area contributed by atoms with Crippen molar-refractivity contribution < 1.29 is 8.42 Å². The molecule has 0 saturated carbocycles. The first-order chi connectivity index (χ1) is 13.9. The number of fused-ring (bicyclic) bond motifs is 1. The first-order valence-electron chi connectivity index (χ1n) is 11.0. The zero-order valence-corrected chi connectivity index (χ0v) is 19.0. The molecular weight excluding hydrogens is 382 g/mol. The summed E-state index contributed by atoms with van der Waals surface area (Å²) in [6.45, 7) is 10.4. The average Bonchev–Trinajstić information content (AvgIpc) is 3.12. The SMILES string of the molecule is CCCC(C)N1CC=C(c2c[nH]c3ccc(NS(=O)(=O)C(CC)CC)cc23)CC1. The van der Waals surface area contributed by atoms with Gasteiger partial charge in [0.2, 0.25) is 10.0 Å². The van der Waals surface area contributed by atoms with Gasteiger partial charge in [0, 0.05) is 47.5 Å². The molecule has 1 atom stereocenters. The van der Waals surface area contributed by atoms with Crippen LogP contribution in [0.2, 0.25) is 0 Å². The van der Waals surface area contributed by atoms with Crippen LogP contribution in [0, 0.1) is 0 Å². The Bertz CT molecular complexity index is 958. The third kappa shape index (κ3) is 4.86. The van der Waals surface area contributed by atoms with Gasteiger partial charge in [-0.15, -0.1) is 0 Å². The van der Waals surface area contributed by atoms with Gasteiger partial charge < -0.3 is 4.98 Å². The second-order valence-corrected chi connectivity index (χ2v) is 10.1. The second-order valence-electron chi connectivity index (χ2n) is 8.16. The van der Waals surface area contributed by atoms with Gasteiger partial charge in [0.25, 0.3) is 0 Å². The summed E-state index contributed by atoms with van der Waals surface area (Å²) in [6.07, 6.45) is 9.08. The Balaban J connectivity index is 1.83. The molecule has 0 saturated heterocycles. The highest BCUT2D eigenvalue weighted by Gasteiger charge is 2.23. The number of hydrogen-bond acceptors (Lipinski definition) is 3. The van der Waals surface area contributed by atoms with E-state index in [1.165, 1.54) is 24.0 Å². The number of aromatic amines is 1. The molecule has 1 aliphatic rings. The van der Waals surface area contributed by atoms with E-state index in [1.54, 1.807) is 0 Å². The topological polar surface area (TPSA) is 65.2 Å². The molecule has 0 spiro atoms. The number of nitrogens with zero attached hydrogens (tertiary/aromatic N) is 1. The standard InChI is InChI=1S/C23H35N3O2S/c1-5-8-17(4)26-13-11-18(12-14-26)22-16-24-23-10-9-19(15-21(22)23)25-29(27,28)20(6-2)7-3/h9-11,15-17,20,24-25H,5-8,12-14H2,1-4H3. The molecule has 0 radical (unpaired) electrons. The van der Waals surface area contributed by atoms with Gasteiger partial charge in [-0.05, 0) is 56.4 Å². The molecule has 5 nitrogen and oxygen atoms in total.